The Morgan fingerprint density at radius 3 is 1.98 bits per heavy atom. The number of hydrogen-bond donors (Lipinski definition) is 21. The van der Waals surface area contributed by atoms with E-state index in [1.54, 1.807) is 6.92 Å². The van der Waals surface area contributed by atoms with E-state index < -0.39 is 225 Å². The number of aryl methyl sites for hydroxylation is 1. The summed E-state index contributed by atoms with van der Waals surface area (Å²) in [5.41, 5.74) is 4.61. The van der Waals surface area contributed by atoms with Crippen molar-refractivity contribution in [3.63, 3.8) is 0 Å². The molecule has 6 fully saturated rings. The van der Waals surface area contributed by atoms with Gasteiger partial charge in [0, 0.05) is 47.9 Å². The molecule has 10 amide bonds. The van der Waals surface area contributed by atoms with Crippen molar-refractivity contribution in [2.24, 2.45) is 35.3 Å². The predicted molar refractivity (Wildman–Crippen MR) is 474 cm³/mol. The highest BCUT2D eigenvalue weighted by molar-refractivity contribution is 7.88. The molecule has 2 saturated heterocycles. The molecule has 0 aromatic heterocycles. The number of nitrogens with two attached hydrogens (primary N) is 1. The van der Waals surface area contributed by atoms with Gasteiger partial charge >= 0.3 is 6.03 Å². The molecule has 22 N–H and O–H groups in total. The second kappa shape index (κ2) is 40.5. The number of carbonyl (C=O) groups is 9. The molecule has 18 atom stereocenters. The SMILES string of the molecule is CN[C@H](CC(C)C)C(=O)N[C@H]1C(=O)N[C@@H](CC(=O)NC(=O)Nc2ccc(OC)cc2)C(=O)N[C@H]2C(=O)N[C@H]3C(=O)N[C@H](C(=O)N[C@H](C(=O)NC4C5CC6CC(C5)CC4C6)c4cc(O)c(CNCCCNS(C)(=O)=O)c(C)c4-c4cc3ccc4O)[C@H](O)c3ccc(c(Cl)c3)Oc3cc2cc(c3O[C@@H]2O[C@H](CO)[C@@H](O)[C@H](O)[C@H]2O[C@H]2C[C@](C)(N)[C@H](O)[C@H](C)O2)Oc2ccc(cc2C)[C@H]1O. The standard InChI is InChI=1S/C91H114ClN13O26S/c1-39(2)23-57(94-7)82(115)104-73-75(110)46-12-19-61(40(3)24-46)127-63-32-50-33-64(79(63)131-89-80(78(113)77(112)65(38-106)129-89)130-67-36-91(6,93)81(114)42(5)126-67)128-62-20-13-47(31-56(62)92)76(111)74-88(121)103-72(86(119)100-69-48-26-43-25-44(28-48)29-49(69)27-43)54-34-60(108)55(37-95-21-10-22-96-132(9,123)124)41(4)68(54)53-30-45(11-18-59(53)107)70(84(117)105-74)102-85(118)71(50)101-83(116)58(98-87(73)120)35-66(109)99-90(122)97-51-14-16-52(125-8)17-15-51/h11-20,24,30-34,39,42-44,48-49,57-58,65,67,69-78,80-81,89,94-96,106-108,110-114H,10,21-23,25-29,35-38,93H2,1-9H3,(H,98,120)(H,100,119)(H,101,116)(H,102,118)(H,103,121)(H,104,115)(H,105,117)(H2,97,99,109,122)/t42-,43?,44?,48?,49?,57+,58-,65+,67-,69?,70+,71+,72-,73+,74-,75+,76+,77+,78-,80+,81+,89-,91-/m0/s1. The highest BCUT2D eigenvalue weighted by atomic mass is 35.5. The number of ether oxygens (including phenoxy) is 7. The smallest absolute Gasteiger partial charge is 0.325 e. The summed E-state index contributed by atoms with van der Waals surface area (Å²) in [5.74, 6) is -11.6. The zero-order valence-corrected chi connectivity index (χ0v) is 75.6. The zero-order chi connectivity index (χ0) is 95.0. The number of halogens is 1. The van der Waals surface area contributed by atoms with E-state index in [0.717, 1.165) is 62.6 Å². The summed E-state index contributed by atoms with van der Waals surface area (Å²) in [5, 5.41) is 126. The van der Waals surface area contributed by atoms with Gasteiger partial charge in [-0.1, -0.05) is 43.6 Å². The Labute approximate surface area is 765 Å². The molecule has 4 saturated carbocycles. The van der Waals surface area contributed by atoms with Crippen LogP contribution in [0.25, 0.3) is 11.1 Å². The summed E-state index contributed by atoms with van der Waals surface area (Å²) in [6.45, 7) is 8.88. The average Bonchev–Trinajstić information content (AvgIpc) is 0.766. The lowest BCUT2D eigenvalue weighted by Crippen LogP contribution is -2.64. The molecule has 17 rings (SSSR count). The summed E-state index contributed by atoms with van der Waals surface area (Å²) >= 11 is 7.37. The maximum absolute atomic E-state index is 16.9. The molecule has 7 aliphatic heterocycles. The van der Waals surface area contributed by atoms with Crippen LogP contribution < -0.4 is 87.9 Å². The second-order valence-electron chi connectivity index (χ2n) is 36.2. The number of sulfonamides is 1. The minimum atomic E-state index is -3.58. The number of methoxy groups -OCH3 is 1. The number of anilines is 1. The number of phenols is 2. The molecule has 132 heavy (non-hydrogen) atoms. The summed E-state index contributed by atoms with van der Waals surface area (Å²) in [7, 11) is -0.677. The van der Waals surface area contributed by atoms with E-state index in [1.165, 1.54) is 108 Å². The van der Waals surface area contributed by atoms with Gasteiger partial charge in [-0.3, -0.25) is 43.7 Å². The molecule has 41 heteroatoms. The first-order valence-corrected chi connectivity index (χ1v) is 46.2. The summed E-state index contributed by atoms with van der Waals surface area (Å²) in [6.07, 6.45) is -13.1. The molecule has 39 nitrogen and oxygen atoms in total. The van der Waals surface area contributed by atoms with E-state index in [4.69, 9.17) is 50.5 Å². The molecule has 6 aromatic carbocycles. The van der Waals surface area contributed by atoms with Crippen molar-refractivity contribution >= 4 is 80.6 Å². The van der Waals surface area contributed by atoms with Crippen LogP contribution in [0.2, 0.25) is 5.02 Å². The summed E-state index contributed by atoms with van der Waals surface area (Å²) in [4.78, 5) is 140. The van der Waals surface area contributed by atoms with Gasteiger partial charge in [0.05, 0.1) is 49.7 Å². The maximum atomic E-state index is 16.9. The number of amides is 10. The Kier molecular flexibility index (Phi) is 29.8. The number of aromatic hydroxyl groups is 2. The number of imide groups is 1. The number of phenolic OH excluding ortho intramolecular Hbond substituents is 2. The summed E-state index contributed by atoms with van der Waals surface area (Å²) < 4.78 is 71.3. The van der Waals surface area contributed by atoms with E-state index in [-0.39, 0.29) is 130 Å². The van der Waals surface area contributed by atoms with Crippen molar-refractivity contribution in [2.75, 3.05) is 45.4 Å². The van der Waals surface area contributed by atoms with E-state index in [1.807, 2.05) is 13.8 Å². The van der Waals surface area contributed by atoms with Crippen LogP contribution >= 0.6 is 11.6 Å². The van der Waals surface area contributed by atoms with Crippen LogP contribution in [0.1, 0.15) is 160 Å². The minimum Gasteiger partial charge on any atom is -0.508 e. The van der Waals surface area contributed by atoms with E-state index in [0.29, 0.717) is 17.6 Å². The lowest BCUT2D eigenvalue weighted by molar-refractivity contribution is -0.333. The van der Waals surface area contributed by atoms with Crippen molar-refractivity contribution in [1.82, 2.24) is 57.9 Å². The van der Waals surface area contributed by atoms with E-state index in [9.17, 15) is 63.7 Å². The van der Waals surface area contributed by atoms with Gasteiger partial charge in [0.25, 0.3) is 0 Å². The van der Waals surface area contributed by atoms with Crippen LogP contribution in [0.15, 0.2) is 97.1 Å². The highest BCUT2D eigenvalue weighted by Gasteiger charge is 2.54. The Hall–Kier alpha value is -10.9. The van der Waals surface area contributed by atoms with E-state index >= 15 is 28.8 Å². The number of aliphatic hydroxyl groups excluding tert-OH is 6. The molecule has 6 aromatic rings. The molecule has 0 spiro atoms. The third-order valence-corrected chi connectivity index (χ3v) is 27.0. The van der Waals surface area contributed by atoms with Crippen molar-refractivity contribution in [2.45, 2.75) is 221 Å². The first-order chi connectivity index (χ1) is 62.6. The topological polar surface area (TPSA) is 585 Å². The third kappa shape index (κ3) is 21.6. The molecule has 0 unspecified atom stereocenters. The van der Waals surface area contributed by atoms with Gasteiger partial charge in [-0.05, 0) is 239 Å². The number of benzene rings is 6. The molecular weight excluding hydrogens is 1760 g/mol. The predicted octanol–water partition coefficient (Wildman–Crippen LogP) is 3.12. The molecule has 0 radical (unpaired) electrons. The summed E-state index contributed by atoms with van der Waals surface area (Å²) in [6, 6.07) is 4.99. The van der Waals surface area contributed by atoms with Crippen LogP contribution in [0.3, 0.4) is 0 Å². The third-order valence-electron chi connectivity index (χ3n) is 25.9. The number of urea groups is 1. The number of likely N-dealkylation sites (N-methyl/N-ethyl adjacent to an activating group) is 1. The van der Waals surface area contributed by atoms with Gasteiger partial charge in [0.1, 0.15) is 95.5 Å². The number of hydrogen-bond acceptors (Lipinski definition) is 29. The Bertz CT molecular complexity index is 5470. The van der Waals surface area contributed by atoms with Crippen LogP contribution in [0.4, 0.5) is 10.5 Å². The Morgan fingerprint density at radius 1 is 0.705 bits per heavy atom. The van der Waals surface area contributed by atoms with Crippen molar-refractivity contribution in [1.29, 1.82) is 0 Å². The van der Waals surface area contributed by atoms with Gasteiger partial charge in [-0.15, -0.1) is 0 Å². The number of rotatable bonds is 23. The molecule has 4 aliphatic carbocycles. The number of carbonyl (C=O) groups excluding carboxylic acids is 9. The van der Waals surface area contributed by atoms with Gasteiger partial charge in [0.2, 0.25) is 69.3 Å². The largest absolute Gasteiger partial charge is 0.508 e. The zero-order valence-electron chi connectivity index (χ0n) is 74.0. The van der Waals surface area contributed by atoms with Gasteiger partial charge in [0.15, 0.2) is 23.9 Å². The fourth-order valence-electron chi connectivity index (χ4n) is 19.3. The lowest BCUT2D eigenvalue weighted by atomic mass is 9.54. The van der Waals surface area contributed by atoms with Crippen molar-refractivity contribution in [3.05, 3.63) is 147 Å². The monoisotopic (exact) mass is 1870 g/mol. The Morgan fingerprint density at radius 2 is 1.35 bits per heavy atom. The number of aliphatic hydroxyl groups is 6. The molecule has 15 bridgehead atoms. The van der Waals surface area contributed by atoms with Gasteiger partial charge in [-0.2, -0.15) is 0 Å². The maximum Gasteiger partial charge on any atom is 0.325 e. The first-order valence-electron chi connectivity index (χ1n) is 43.9. The fourth-order valence-corrected chi connectivity index (χ4v) is 20.0. The number of fused-ring (bicyclic) bond motifs is 15. The quantitative estimate of drug-likeness (QED) is 0.0410. The normalized spacial score (nSPS) is 29.5. The molecule has 7 heterocycles. The first kappa shape index (κ1) is 97.1. The molecule has 712 valence electrons. The molecular formula is C91H114ClN13O26S. The average molecular weight is 1870 g/mol. The van der Waals surface area contributed by atoms with Crippen molar-refractivity contribution < 1.29 is 126 Å². The van der Waals surface area contributed by atoms with Crippen LogP contribution in [0.5, 0.6) is 46.0 Å². The lowest BCUT2D eigenvalue weighted by Gasteiger charge is -2.54. The van der Waals surface area contributed by atoms with Crippen molar-refractivity contribution in [3.8, 4) is 57.1 Å². The Balaban J connectivity index is 0.975. The van der Waals surface area contributed by atoms with E-state index in [2.05, 4.69) is 63.2 Å². The number of nitrogens with one attached hydrogen (secondary N) is 12. The van der Waals surface area contributed by atoms with Crippen LogP contribution in [0, 0.1) is 43.4 Å². The molecule has 11 aliphatic rings. The van der Waals surface area contributed by atoms with Crippen LogP contribution in [-0.4, -0.2) is 228 Å². The minimum absolute atomic E-state index is 0.00407. The van der Waals surface area contributed by atoms with Gasteiger partial charge < -0.3 is 133 Å². The highest BCUT2D eigenvalue weighted by Crippen LogP contribution is 2.55. The fraction of sp³-hybridized carbons (Fsp3) is 0.505. The van der Waals surface area contributed by atoms with Crippen LogP contribution in [-0.2, 0) is 69.1 Å². The van der Waals surface area contributed by atoms with Gasteiger partial charge in [-0.25, -0.2) is 17.9 Å². The second-order valence-corrected chi connectivity index (χ2v) is 38.4.